The van der Waals surface area contributed by atoms with E-state index in [4.69, 9.17) is 10.5 Å². The smallest absolute Gasteiger partial charge is 0.398 e. The second kappa shape index (κ2) is 8.14. The van der Waals surface area contributed by atoms with Gasteiger partial charge in [-0.1, -0.05) is 0 Å². The zero-order valence-electron chi connectivity index (χ0n) is 16.4. The molecule has 1 saturated heterocycles. The van der Waals surface area contributed by atoms with E-state index < -0.39 is 11.7 Å². The molecule has 2 heterocycles. The fourth-order valence-corrected chi connectivity index (χ4v) is 4.90. The Morgan fingerprint density at radius 1 is 1.14 bits per heavy atom. The minimum Gasteiger partial charge on any atom is -0.398 e. The molecular formula is C21H28F3N3O2. The highest BCUT2D eigenvalue weighted by molar-refractivity contribution is 5.79. The number of alkyl halides is 3. The zero-order chi connectivity index (χ0) is 20.6. The summed E-state index contributed by atoms with van der Waals surface area (Å²) < 4.78 is 44.8. The van der Waals surface area contributed by atoms with Crippen molar-refractivity contribution in [2.45, 2.75) is 63.3 Å². The van der Waals surface area contributed by atoms with Crippen LogP contribution in [0, 0.1) is 5.92 Å². The lowest BCUT2D eigenvalue weighted by Crippen LogP contribution is -2.42. The first kappa shape index (κ1) is 20.5. The average Bonchev–Trinajstić information content (AvgIpc) is 3.15. The Morgan fingerprint density at radius 3 is 2.62 bits per heavy atom. The van der Waals surface area contributed by atoms with Gasteiger partial charge in [-0.3, -0.25) is 4.79 Å². The number of carbonyl (C=O) groups excluding carboxylic acids is 1. The van der Waals surface area contributed by atoms with E-state index in [1.165, 1.54) is 0 Å². The van der Waals surface area contributed by atoms with E-state index in [-0.39, 0.29) is 24.1 Å². The molecule has 0 radical (unpaired) electrons. The van der Waals surface area contributed by atoms with E-state index >= 15 is 0 Å². The van der Waals surface area contributed by atoms with Crippen molar-refractivity contribution < 1.29 is 22.7 Å². The summed E-state index contributed by atoms with van der Waals surface area (Å²) in [7, 11) is 0. The van der Waals surface area contributed by atoms with Crippen LogP contribution in [0.5, 0.6) is 0 Å². The van der Waals surface area contributed by atoms with Crippen LogP contribution in [-0.4, -0.2) is 42.6 Å². The van der Waals surface area contributed by atoms with Crippen molar-refractivity contribution in [3.63, 3.8) is 0 Å². The standard InChI is InChI=1S/C21H28F3N3O2/c22-21(23,24)15-9-14-12-27(6-3-18(14)19(25)11-15)20(28)13-1-2-17(10-13)26-16-4-7-29-8-5-16/h9,11,13,16-17,26H,1-8,10,12,25H2/t13-,17?/m0/s1. The number of nitrogens with one attached hydrogen (secondary N) is 1. The second-order valence-corrected chi connectivity index (χ2v) is 8.47. The van der Waals surface area contributed by atoms with Crippen LogP contribution in [0.1, 0.15) is 48.8 Å². The molecule has 1 aliphatic carbocycles. The molecule has 4 rings (SSSR count). The number of nitrogens with zero attached hydrogens (tertiary/aromatic N) is 1. The van der Waals surface area contributed by atoms with Gasteiger partial charge in [0.1, 0.15) is 0 Å². The third-order valence-electron chi connectivity index (χ3n) is 6.48. The number of ether oxygens (including phenoxy) is 1. The van der Waals surface area contributed by atoms with E-state index in [0.717, 1.165) is 63.0 Å². The summed E-state index contributed by atoms with van der Waals surface area (Å²) in [6.45, 7) is 2.28. The Morgan fingerprint density at radius 2 is 1.90 bits per heavy atom. The first-order valence-corrected chi connectivity index (χ1v) is 10.4. The van der Waals surface area contributed by atoms with Crippen LogP contribution in [0.25, 0.3) is 0 Å². The number of amides is 1. The lowest BCUT2D eigenvalue weighted by Gasteiger charge is -2.32. The molecule has 1 saturated carbocycles. The van der Waals surface area contributed by atoms with Crippen LogP contribution in [0.4, 0.5) is 18.9 Å². The lowest BCUT2D eigenvalue weighted by molar-refractivity contribution is -0.137. The molecule has 0 aromatic heterocycles. The predicted octanol–water partition coefficient (Wildman–Crippen LogP) is 3.11. The fourth-order valence-electron chi connectivity index (χ4n) is 4.90. The first-order valence-electron chi connectivity index (χ1n) is 10.4. The topological polar surface area (TPSA) is 67.6 Å². The molecule has 3 aliphatic rings. The quantitative estimate of drug-likeness (QED) is 0.750. The van der Waals surface area contributed by atoms with E-state index in [0.29, 0.717) is 30.6 Å². The second-order valence-electron chi connectivity index (χ2n) is 8.47. The maximum absolute atomic E-state index is 13.1. The van der Waals surface area contributed by atoms with Gasteiger partial charge in [0, 0.05) is 50.0 Å². The number of anilines is 1. The molecule has 1 amide bonds. The molecule has 0 spiro atoms. The zero-order valence-corrected chi connectivity index (χ0v) is 16.4. The van der Waals surface area contributed by atoms with Crippen molar-refractivity contribution in [1.29, 1.82) is 0 Å². The van der Waals surface area contributed by atoms with Gasteiger partial charge in [-0.25, -0.2) is 0 Å². The minimum absolute atomic E-state index is 0.0583. The molecule has 2 aliphatic heterocycles. The normalized spacial score (nSPS) is 25.8. The number of halogens is 3. The van der Waals surface area contributed by atoms with Gasteiger partial charge in [0.15, 0.2) is 0 Å². The van der Waals surface area contributed by atoms with Crippen molar-refractivity contribution in [3.8, 4) is 0 Å². The SMILES string of the molecule is Nc1cc(C(F)(F)F)cc2c1CCN(C(=O)[C@H]1CCC(NC3CCOCC3)C1)C2. The van der Waals surface area contributed by atoms with Crippen LogP contribution in [0.15, 0.2) is 12.1 Å². The van der Waals surface area contributed by atoms with Crippen LogP contribution < -0.4 is 11.1 Å². The van der Waals surface area contributed by atoms with Gasteiger partial charge in [0.2, 0.25) is 5.91 Å². The highest BCUT2D eigenvalue weighted by Gasteiger charge is 2.36. The molecule has 5 nitrogen and oxygen atoms in total. The molecule has 1 aromatic rings. The van der Waals surface area contributed by atoms with E-state index in [9.17, 15) is 18.0 Å². The molecule has 1 unspecified atom stereocenters. The minimum atomic E-state index is -4.44. The Balaban J connectivity index is 1.39. The first-order chi connectivity index (χ1) is 13.8. The highest BCUT2D eigenvalue weighted by atomic mass is 19.4. The largest absolute Gasteiger partial charge is 0.416 e. The van der Waals surface area contributed by atoms with Crippen molar-refractivity contribution in [3.05, 3.63) is 28.8 Å². The number of hydrogen-bond donors (Lipinski definition) is 2. The van der Waals surface area contributed by atoms with Crippen molar-refractivity contribution in [1.82, 2.24) is 10.2 Å². The maximum atomic E-state index is 13.1. The summed E-state index contributed by atoms with van der Waals surface area (Å²) in [6.07, 6.45) is 0.648. The summed E-state index contributed by atoms with van der Waals surface area (Å²) in [5.74, 6) is -0.0000491. The Labute approximate surface area is 168 Å². The summed E-state index contributed by atoms with van der Waals surface area (Å²) in [4.78, 5) is 14.8. The Bertz CT molecular complexity index is 762. The molecule has 8 heteroatoms. The fraction of sp³-hybridized carbons (Fsp3) is 0.667. The van der Waals surface area contributed by atoms with Crippen LogP contribution >= 0.6 is 0 Å². The van der Waals surface area contributed by atoms with Crippen LogP contribution in [0.2, 0.25) is 0 Å². The molecule has 3 N–H and O–H groups in total. The number of nitrogen functional groups attached to an aromatic ring is 1. The van der Waals surface area contributed by atoms with E-state index in [1.54, 1.807) is 4.90 Å². The average molecular weight is 411 g/mol. The molecule has 29 heavy (non-hydrogen) atoms. The third-order valence-corrected chi connectivity index (χ3v) is 6.48. The van der Waals surface area contributed by atoms with Gasteiger partial charge >= 0.3 is 6.18 Å². The third kappa shape index (κ3) is 4.53. The van der Waals surface area contributed by atoms with E-state index in [2.05, 4.69) is 5.32 Å². The summed E-state index contributed by atoms with van der Waals surface area (Å²) >= 11 is 0. The summed E-state index contributed by atoms with van der Waals surface area (Å²) in [6, 6.07) is 2.93. The molecule has 0 bridgehead atoms. The highest BCUT2D eigenvalue weighted by Crippen LogP contribution is 2.36. The molecule has 2 fully saturated rings. The lowest BCUT2D eigenvalue weighted by atomic mass is 9.94. The summed E-state index contributed by atoms with van der Waals surface area (Å²) in [5.41, 5.74) is 6.56. The van der Waals surface area contributed by atoms with Crippen LogP contribution in [-0.2, 0) is 28.7 Å². The van der Waals surface area contributed by atoms with Gasteiger partial charge < -0.3 is 20.7 Å². The van der Waals surface area contributed by atoms with Gasteiger partial charge in [-0.15, -0.1) is 0 Å². The Kier molecular flexibility index (Phi) is 5.75. The van der Waals surface area contributed by atoms with Crippen molar-refractivity contribution in [2.24, 2.45) is 5.92 Å². The van der Waals surface area contributed by atoms with Crippen molar-refractivity contribution >= 4 is 11.6 Å². The number of benzene rings is 1. The monoisotopic (exact) mass is 411 g/mol. The number of nitrogens with two attached hydrogens (primary N) is 1. The Hall–Kier alpha value is -1.80. The van der Waals surface area contributed by atoms with Crippen molar-refractivity contribution in [2.75, 3.05) is 25.5 Å². The maximum Gasteiger partial charge on any atom is 0.416 e. The van der Waals surface area contributed by atoms with Gasteiger partial charge in [0.05, 0.1) is 5.56 Å². The molecule has 2 atom stereocenters. The van der Waals surface area contributed by atoms with Gasteiger partial charge in [0.25, 0.3) is 0 Å². The molecular weight excluding hydrogens is 383 g/mol. The molecule has 160 valence electrons. The molecule has 1 aromatic carbocycles. The van der Waals surface area contributed by atoms with Crippen LogP contribution in [0.3, 0.4) is 0 Å². The number of fused-ring (bicyclic) bond motifs is 1. The van der Waals surface area contributed by atoms with E-state index in [1.807, 2.05) is 0 Å². The number of hydrogen-bond acceptors (Lipinski definition) is 4. The summed E-state index contributed by atoms with van der Waals surface area (Å²) in [5, 5.41) is 3.66. The van der Waals surface area contributed by atoms with Gasteiger partial charge in [-0.05, 0) is 61.8 Å². The van der Waals surface area contributed by atoms with Gasteiger partial charge in [-0.2, -0.15) is 13.2 Å². The number of rotatable bonds is 3. The predicted molar refractivity (Wildman–Crippen MR) is 103 cm³/mol. The number of carbonyl (C=O) groups is 1.